The van der Waals surface area contributed by atoms with Gasteiger partial charge in [-0.2, -0.15) is 0 Å². The second kappa shape index (κ2) is 8.01. The van der Waals surface area contributed by atoms with Crippen molar-refractivity contribution in [3.05, 3.63) is 60.2 Å². The SMILES string of the molecule is CCc1ccccc1NC(=O)N1CC(N2CCN(c3ccccc3)CC2)C1. The summed E-state index contributed by atoms with van der Waals surface area (Å²) in [6.45, 7) is 7.99. The normalized spacial score (nSPS) is 18.3. The topological polar surface area (TPSA) is 38.8 Å². The molecule has 0 saturated carbocycles. The van der Waals surface area contributed by atoms with Crippen LogP contribution >= 0.6 is 0 Å². The Bertz CT molecular complexity index is 765. The molecule has 27 heavy (non-hydrogen) atoms. The highest BCUT2D eigenvalue weighted by Crippen LogP contribution is 2.22. The van der Waals surface area contributed by atoms with Crippen molar-refractivity contribution in [1.82, 2.24) is 9.80 Å². The van der Waals surface area contributed by atoms with Crippen LogP contribution in [0.1, 0.15) is 12.5 Å². The molecular formula is C22H28N4O. The first-order chi connectivity index (χ1) is 13.2. The molecule has 0 bridgehead atoms. The molecule has 0 unspecified atom stereocenters. The molecule has 0 aromatic heterocycles. The van der Waals surface area contributed by atoms with Crippen molar-refractivity contribution in [2.45, 2.75) is 19.4 Å². The van der Waals surface area contributed by atoms with Gasteiger partial charge in [0, 0.05) is 56.7 Å². The van der Waals surface area contributed by atoms with Gasteiger partial charge in [-0.25, -0.2) is 4.79 Å². The molecule has 0 radical (unpaired) electrons. The number of amides is 2. The number of nitrogens with one attached hydrogen (secondary N) is 1. The Labute approximate surface area is 161 Å². The van der Waals surface area contributed by atoms with Gasteiger partial charge in [0.1, 0.15) is 0 Å². The van der Waals surface area contributed by atoms with Crippen LogP contribution in [-0.4, -0.2) is 61.1 Å². The Morgan fingerprint density at radius 2 is 1.63 bits per heavy atom. The molecule has 0 aliphatic carbocycles. The highest BCUT2D eigenvalue weighted by Gasteiger charge is 2.36. The fourth-order valence-corrected chi connectivity index (χ4v) is 3.98. The van der Waals surface area contributed by atoms with Crippen LogP contribution in [0.3, 0.4) is 0 Å². The second-order valence-corrected chi connectivity index (χ2v) is 7.36. The first-order valence-corrected chi connectivity index (χ1v) is 9.92. The number of piperazine rings is 1. The number of nitrogens with zero attached hydrogens (tertiary/aromatic N) is 3. The van der Waals surface area contributed by atoms with E-state index in [1.54, 1.807) is 0 Å². The Morgan fingerprint density at radius 1 is 0.963 bits per heavy atom. The van der Waals surface area contributed by atoms with Gasteiger partial charge in [0.15, 0.2) is 0 Å². The van der Waals surface area contributed by atoms with Gasteiger partial charge in [-0.05, 0) is 30.2 Å². The van der Waals surface area contributed by atoms with Crippen LogP contribution < -0.4 is 10.2 Å². The molecule has 2 amide bonds. The molecule has 2 aliphatic heterocycles. The number of para-hydroxylation sites is 2. The number of rotatable bonds is 4. The third-order valence-electron chi connectivity index (χ3n) is 5.74. The Kier molecular flexibility index (Phi) is 5.30. The molecular weight excluding hydrogens is 336 g/mol. The summed E-state index contributed by atoms with van der Waals surface area (Å²) in [4.78, 5) is 19.4. The number of hydrogen-bond donors (Lipinski definition) is 1. The largest absolute Gasteiger partial charge is 0.369 e. The molecule has 2 aromatic rings. The number of likely N-dealkylation sites (tertiary alicyclic amines) is 1. The predicted molar refractivity (Wildman–Crippen MR) is 110 cm³/mol. The lowest BCUT2D eigenvalue weighted by atomic mass is 10.1. The first kappa shape index (κ1) is 17.9. The highest BCUT2D eigenvalue weighted by atomic mass is 16.2. The van der Waals surface area contributed by atoms with E-state index in [0.29, 0.717) is 6.04 Å². The van der Waals surface area contributed by atoms with Gasteiger partial charge in [0.25, 0.3) is 0 Å². The van der Waals surface area contributed by atoms with E-state index in [9.17, 15) is 4.79 Å². The van der Waals surface area contributed by atoms with Crippen molar-refractivity contribution in [3.63, 3.8) is 0 Å². The van der Waals surface area contributed by atoms with Gasteiger partial charge in [0.2, 0.25) is 0 Å². The van der Waals surface area contributed by atoms with Crippen molar-refractivity contribution >= 4 is 17.4 Å². The Morgan fingerprint density at radius 3 is 2.33 bits per heavy atom. The molecule has 5 nitrogen and oxygen atoms in total. The van der Waals surface area contributed by atoms with Gasteiger partial charge in [-0.15, -0.1) is 0 Å². The van der Waals surface area contributed by atoms with E-state index in [1.807, 2.05) is 23.1 Å². The lowest BCUT2D eigenvalue weighted by molar-refractivity contribution is 0.0578. The molecule has 2 aliphatic rings. The molecule has 1 N–H and O–H groups in total. The van der Waals surface area contributed by atoms with Crippen molar-refractivity contribution < 1.29 is 4.79 Å². The number of carbonyl (C=O) groups is 1. The van der Waals surface area contributed by atoms with Gasteiger partial charge in [-0.1, -0.05) is 43.3 Å². The summed E-state index contributed by atoms with van der Waals surface area (Å²) < 4.78 is 0. The van der Waals surface area contributed by atoms with Crippen LogP contribution in [0, 0.1) is 0 Å². The zero-order chi connectivity index (χ0) is 18.6. The summed E-state index contributed by atoms with van der Waals surface area (Å²) in [7, 11) is 0. The molecule has 2 aromatic carbocycles. The van der Waals surface area contributed by atoms with E-state index < -0.39 is 0 Å². The maximum absolute atomic E-state index is 12.5. The zero-order valence-electron chi connectivity index (χ0n) is 16.0. The van der Waals surface area contributed by atoms with Crippen LogP contribution in [0.5, 0.6) is 0 Å². The van der Waals surface area contributed by atoms with Gasteiger partial charge in [-0.3, -0.25) is 4.90 Å². The summed E-state index contributed by atoms with van der Waals surface area (Å²) in [6, 6.07) is 19.2. The fraction of sp³-hybridized carbons (Fsp3) is 0.409. The molecule has 0 spiro atoms. The van der Waals surface area contributed by atoms with E-state index in [0.717, 1.165) is 51.4 Å². The third kappa shape index (κ3) is 3.93. The molecule has 2 fully saturated rings. The Balaban J connectivity index is 1.25. The third-order valence-corrected chi connectivity index (χ3v) is 5.74. The summed E-state index contributed by atoms with van der Waals surface area (Å²) >= 11 is 0. The first-order valence-electron chi connectivity index (χ1n) is 9.92. The van der Waals surface area contributed by atoms with Gasteiger partial charge >= 0.3 is 6.03 Å². The molecule has 2 saturated heterocycles. The number of benzene rings is 2. The minimum atomic E-state index is 0.0232. The number of aryl methyl sites for hydroxylation is 1. The van der Waals surface area contributed by atoms with Gasteiger partial charge in [0.05, 0.1) is 0 Å². The summed E-state index contributed by atoms with van der Waals surface area (Å²) in [6.07, 6.45) is 0.921. The lowest BCUT2D eigenvalue weighted by Gasteiger charge is -2.48. The Hall–Kier alpha value is -2.53. The maximum atomic E-state index is 12.5. The fourth-order valence-electron chi connectivity index (χ4n) is 3.98. The summed E-state index contributed by atoms with van der Waals surface area (Å²) in [5, 5.41) is 3.08. The number of hydrogen-bond acceptors (Lipinski definition) is 3. The molecule has 2 heterocycles. The maximum Gasteiger partial charge on any atom is 0.321 e. The lowest BCUT2D eigenvalue weighted by Crippen LogP contribution is -2.64. The highest BCUT2D eigenvalue weighted by molar-refractivity contribution is 5.90. The molecule has 142 valence electrons. The molecule has 5 heteroatoms. The second-order valence-electron chi connectivity index (χ2n) is 7.36. The van der Waals surface area contributed by atoms with Crippen LogP contribution in [-0.2, 0) is 6.42 Å². The quantitative estimate of drug-likeness (QED) is 0.905. The molecule has 0 atom stereocenters. The average Bonchev–Trinajstić information content (AvgIpc) is 2.68. The van der Waals surface area contributed by atoms with E-state index in [-0.39, 0.29) is 6.03 Å². The number of urea groups is 1. The van der Waals surface area contributed by atoms with Crippen molar-refractivity contribution in [1.29, 1.82) is 0 Å². The van der Waals surface area contributed by atoms with Crippen LogP contribution in [0.2, 0.25) is 0 Å². The standard InChI is InChI=1S/C22H28N4O/c1-2-18-8-6-7-11-21(18)23-22(27)26-16-20(17-26)25-14-12-24(13-15-25)19-9-4-3-5-10-19/h3-11,20H,2,12-17H2,1H3,(H,23,27). The van der Waals surface area contributed by atoms with E-state index >= 15 is 0 Å². The van der Waals surface area contributed by atoms with E-state index in [1.165, 1.54) is 11.3 Å². The van der Waals surface area contributed by atoms with E-state index in [4.69, 9.17) is 0 Å². The number of anilines is 2. The smallest absolute Gasteiger partial charge is 0.321 e. The minimum absolute atomic E-state index is 0.0232. The molecule has 4 rings (SSSR count). The van der Waals surface area contributed by atoms with Crippen molar-refractivity contribution in [2.75, 3.05) is 49.5 Å². The summed E-state index contributed by atoms with van der Waals surface area (Å²) in [5.41, 5.74) is 3.42. The van der Waals surface area contributed by atoms with E-state index in [2.05, 4.69) is 58.4 Å². The van der Waals surface area contributed by atoms with Gasteiger partial charge < -0.3 is 15.1 Å². The zero-order valence-corrected chi connectivity index (χ0v) is 16.0. The van der Waals surface area contributed by atoms with Crippen LogP contribution in [0.15, 0.2) is 54.6 Å². The van der Waals surface area contributed by atoms with Crippen LogP contribution in [0.4, 0.5) is 16.2 Å². The van der Waals surface area contributed by atoms with Crippen LogP contribution in [0.25, 0.3) is 0 Å². The van der Waals surface area contributed by atoms with Crippen molar-refractivity contribution in [3.8, 4) is 0 Å². The average molecular weight is 364 g/mol. The minimum Gasteiger partial charge on any atom is -0.369 e. The predicted octanol–water partition coefficient (Wildman–Crippen LogP) is 3.29. The monoisotopic (exact) mass is 364 g/mol. The van der Waals surface area contributed by atoms with Crippen molar-refractivity contribution in [2.24, 2.45) is 0 Å². The number of carbonyl (C=O) groups excluding carboxylic acids is 1. The summed E-state index contributed by atoms with van der Waals surface area (Å²) in [5.74, 6) is 0.